The van der Waals surface area contributed by atoms with Crippen LogP contribution in [-0.2, 0) is 0 Å². The Morgan fingerprint density at radius 2 is 2.26 bits per heavy atom. The van der Waals surface area contributed by atoms with Gasteiger partial charge in [0.2, 0.25) is 0 Å². The van der Waals surface area contributed by atoms with Gasteiger partial charge in [-0.3, -0.25) is 10.6 Å². The molecule has 0 aliphatic heterocycles. The highest BCUT2D eigenvalue weighted by atomic mass is 16.2. The van der Waals surface area contributed by atoms with E-state index in [9.17, 15) is 4.79 Å². The zero-order valence-electron chi connectivity index (χ0n) is 11.6. The van der Waals surface area contributed by atoms with Gasteiger partial charge in [0.1, 0.15) is 0 Å². The van der Waals surface area contributed by atoms with E-state index >= 15 is 0 Å². The molecular weight excluding hydrogens is 240 g/mol. The van der Waals surface area contributed by atoms with Gasteiger partial charge in [-0.2, -0.15) is 5.26 Å². The van der Waals surface area contributed by atoms with Crippen LogP contribution < -0.4 is 11.3 Å². The third kappa shape index (κ3) is 3.70. The van der Waals surface area contributed by atoms with Crippen LogP contribution in [0.4, 0.5) is 5.69 Å². The normalized spacial score (nSPS) is 11.5. The number of carbonyl (C=O) groups excluding carboxylic acids is 1. The number of hydrogen-bond acceptors (Lipinski definition) is 4. The molecule has 1 amide bonds. The van der Waals surface area contributed by atoms with E-state index in [4.69, 9.17) is 11.1 Å². The van der Waals surface area contributed by atoms with Crippen LogP contribution in [0.25, 0.3) is 0 Å². The van der Waals surface area contributed by atoms with Gasteiger partial charge in [0.05, 0.1) is 23.2 Å². The van der Waals surface area contributed by atoms with Gasteiger partial charge in [-0.25, -0.2) is 0 Å². The topological polar surface area (TPSA) is 82.2 Å². The van der Waals surface area contributed by atoms with Crippen LogP contribution in [0.2, 0.25) is 0 Å². The SMILES string of the molecule is CCN(CC(C)C#N)C(=O)c1ccc(C)cc1NN. The number of carbonyl (C=O) groups is 1. The molecule has 0 aromatic heterocycles. The molecule has 0 saturated carbocycles. The average Bonchev–Trinajstić information content (AvgIpc) is 2.43. The van der Waals surface area contributed by atoms with E-state index in [1.165, 1.54) is 0 Å². The molecule has 3 N–H and O–H groups in total. The number of nitriles is 1. The first-order chi connectivity index (χ1) is 9.03. The van der Waals surface area contributed by atoms with Crippen LogP contribution in [0.3, 0.4) is 0 Å². The molecule has 1 rings (SSSR count). The summed E-state index contributed by atoms with van der Waals surface area (Å²) in [6.07, 6.45) is 0. The Balaban J connectivity index is 3.01. The quantitative estimate of drug-likeness (QED) is 0.625. The fourth-order valence-corrected chi connectivity index (χ4v) is 1.86. The molecule has 5 heteroatoms. The smallest absolute Gasteiger partial charge is 0.256 e. The van der Waals surface area contributed by atoms with Crippen LogP contribution in [0.15, 0.2) is 18.2 Å². The number of rotatable bonds is 5. The number of nitrogens with two attached hydrogens (primary N) is 1. The number of benzene rings is 1. The highest BCUT2D eigenvalue weighted by Gasteiger charge is 2.19. The van der Waals surface area contributed by atoms with E-state index in [0.29, 0.717) is 24.3 Å². The van der Waals surface area contributed by atoms with E-state index in [1.807, 2.05) is 26.0 Å². The minimum Gasteiger partial charge on any atom is -0.338 e. The van der Waals surface area contributed by atoms with Gasteiger partial charge in [0.25, 0.3) is 5.91 Å². The highest BCUT2D eigenvalue weighted by molar-refractivity contribution is 5.99. The largest absolute Gasteiger partial charge is 0.338 e. The summed E-state index contributed by atoms with van der Waals surface area (Å²) in [5, 5.41) is 8.85. The molecule has 1 atom stereocenters. The lowest BCUT2D eigenvalue weighted by Gasteiger charge is -2.23. The first kappa shape index (κ1) is 15.0. The van der Waals surface area contributed by atoms with Gasteiger partial charge in [0.15, 0.2) is 0 Å². The van der Waals surface area contributed by atoms with Gasteiger partial charge >= 0.3 is 0 Å². The van der Waals surface area contributed by atoms with E-state index in [-0.39, 0.29) is 11.8 Å². The lowest BCUT2D eigenvalue weighted by atomic mass is 10.1. The number of nitrogen functional groups attached to an aromatic ring is 1. The summed E-state index contributed by atoms with van der Waals surface area (Å²) in [5.41, 5.74) is 4.71. The van der Waals surface area contributed by atoms with Crippen molar-refractivity contribution < 1.29 is 4.79 Å². The number of hydrazine groups is 1. The van der Waals surface area contributed by atoms with Crippen molar-refractivity contribution in [1.82, 2.24) is 4.90 Å². The second-order valence-electron chi connectivity index (χ2n) is 4.57. The summed E-state index contributed by atoms with van der Waals surface area (Å²) in [4.78, 5) is 14.1. The van der Waals surface area contributed by atoms with Crippen molar-refractivity contribution in [3.05, 3.63) is 29.3 Å². The molecular formula is C14H20N4O. The standard InChI is InChI=1S/C14H20N4O/c1-4-18(9-11(3)8-15)14(19)12-6-5-10(2)7-13(12)17-16/h5-7,11,17H,4,9,16H2,1-3H3. The summed E-state index contributed by atoms with van der Waals surface area (Å²) in [6, 6.07) is 7.59. The van der Waals surface area contributed by atoms with Crippen molar-refractivity contribution in [2.75, 3.05) is 18.5 Å². The Hall–Kier alpha value is -2.06. The molecule has 0 aliphatic rings. The van der Waals surface area contributed by atoms with Crippen LogP contribution in [0, 0.1) is 24.2 Å². The molecule has 0 spiro atoms. The van der Waals surface area contributed by atoms with Crippen molar-refractivity contribution >= 4 is 11.6 Å². The molecule has 0 bridgehead atoms. The zero-order valence-corrected chi connectivity index (χ0v) is 11.6. The maximum absolute atomic E-state index is 12.4. The van der Waals surface area contributed by atoms with Gasteiger partial charge in [0, 0.05) is 13.1 Å². The molecule has 0 heterocycles. The molecule has 0 radical (unpaired) electrons. The molecule has 0 aliphatic carbocycles. The molecule has 102 valence electrons. The minimum absolute atomic E-state index is 0.113. The Kier molecular flexibility index (Phi) is 5.34. The molecule has 1 unspecified atom stereocenters. The van der Waals surface area contributed by atoms with Crippen molar-refractivity contribution in [2.24, 2.45) is 11.8 Å². The Morgan fingerprint density at radius 1 is 1.58 bits per heavy atom. The first-order valence-corrected chi connectivity index (χ1v) is 6.29. The van der Waals surface area contributed by atoms with Crippen molar-refractivity contribution in [3.63, 3.8) is 0 Å². The predicted molar refractivity (Wildman–Crippen MR) is 75.3 cm³/mol. The van der Waals surface area contributed by atoms with Crippen molar-refractivity contribution in [3.8, 4) is 6.07 Å². The number of aryl methyl sites for hydroxylation is 1. The van der Waals surface area contributed by atoms with Gasteiger partial charge in [-0.05, 0) is 38.5 Å². The molecule has 19 heavy (non-hydrogen) atoms. The molecule has 0 fully saturated rings. The monoisotopic (exact) mass is 260 g/mol. The number of nitrogens with zero attached hydrogens (tertiary/aromatic N) is 2. The van der Waals surface area contributed by atoms with Gasteiger partial charge in [-0.1, -0.05) is 6.07 Å². The molecule has 0 saturated heterocycles. The maximum atomic E-state index is 12.4. The molecule has 1 aromatic carbocycles. The van der Waals surface area contributed by atoms with E-state index in [2.05, 4.69) is 11.5 Å². The summed E-state index contributed by atoms with van der Waals surface area (Å²) in [5.74, 6) is 5.15. The average molecular weight is 260 g/mol. The lowest BCUT2D eigenvalue weighted by Crippen LogP contribution is -2.35. The molecule has 5 nitrogen and oxygen atoms in total. The summed E-state index contributed by atoms with van der Waals surface area (Å²) >= 11 is 0. The fourth-order valence-electron chi connectivity index (χ4n) is 1.86. The second kappa shape index (κ2) is 6.76. The van der Waals surface area contributed by atoms with Crippen LogP contribution in [0.5, 0.6) is 0 Å². The maximum Gasteiger partial charge on any atom is 0.256 e. The van der Waals surface area contributed by atoms with Crippen molar-refractivity contribution in [2.45, 2.75) is 20.8 Å². The Labute approximate surface area is 114 Å². The second-order valence-corrected chi connectivity index (χ2v) is 4.57. The Morgan fingerprint density at radius 3 is 2.79 bits per heavy atom. The summed E-state index contributed by atoms with van der Waals surface area (Å²) < 4.78 is 0. The molecule has 1 aromatic rings. The number of amides is 1. The Bertz CT molecular complexity index is 493. The minimum atomic E-state index is -0.191. The zero-order chi connectivity index (χ0) is 14.4. The van der Waals surface area contributed by atoms with Crippen LogP contribution in [-0.4, -0.2) is 23.9 Å². The highest BCUT2D eigenvalue weighted by Crippen LogP contribution is 2.19. The number of hydrogen-bond donors (Lipinski definition) is 2. The lowest BCUT2D eigenvalue weighted by molar-refractivity contribution is 0.0753. The first-order valence-electron chi connectivity index (χ1n) is 6.29. The van der Waals surface area contributed by atoms with E-state index in [0.717, 1.165) is 5.56 Å². The van der Waals surface area contributed by atoms with Crippen LogP contribution in [0.1, 0.15) is 29.8 Å². The number of anilines is 1. The predicted octanol–water partition coefficient (Wildman–Crippen LogP) is 1.90. The van der Waals surface area contributed by atoms with Gasteiger partial charge < -0.3 is 10.3 Å². The van der Waals surface area contributed by atoms with Crippen LogP contribution >= 0.6 is 0 Å². The van der Waals surface area contributed by atoms with Crippen molar-refractivity contribution in [1.29, 1.82) is 5.26 Å². The fraction of sp³-hybridized carbons (Fsp3) is 0.429. The number of nitrogens with one attached hydrogen (secondary N) is 1. The summed E-state index contributed by atoms with van der Waals surface area (Å²) in [6.45, 7) is 6.61. The van der Waals surface area contributed by atoms with Gasteiger partial charge in [-0.15, -0.1) is 0 Å². The van der Waals surface area contributed by atoms with E-state index < -0.39 is 0 Å². The summed E-state index contributed by atoms with van der Waals surface area (Å²) in [7, 11) is 0. The third-order valence-electron chi connectivity index (χ3n) is 2.94. The van der Waals surface area contributed by atoms with E-state index in [1.54, 1.807) is 17.9 Å². The third-order valence-corrected chi connectivity index (χ3v) is 2.94.